The van der Waals surface area contributed by atoms with Gasteiger partial charge in [-0.1, -0.05) is 50.2 Å². The molecular formula is C25H35N3. The summed E-state index contributed by atoms with van der Waals surface area (Å²) >= 11 is 0. The van der Waals surface area contributed by atoms with Crippen molar-refractivity contribution in [3.63, 3.8) is 0 Å². The van der Waals surface area contributed by atoms with Gasteiger partial charge in [0.1, 0.15) is 0 Å². The maximum Gasteiger partial charge on any atom is 0.0848 e. The first-order chi connectivity index (χ1) is 13.3. The Kier molecular flexibility index (Phi) is 7.66. The van der Waals surface area contributed by atoms with Crippen molar-refractivity contribution in [1.29, 1.82) is 5.26 Å². The average Bonchev–Trinajstić information content (AvgIpc) is 2.66. The normalized spacial score (nSPS) is 13.4. The van der Waals surface area contributed by atoms with Crippen molar-refractivity contribution in [3.8, 4) is 6.07 Å². The van der Waals surface area contributed by atoms with Gasteiger partial charge in [-0.2, -0.15) is 5.26 Å². The van der Waals surface area contributed by atoms with E-state index >= 15 is 0 Å². The zero-order valence-corrected chi connectivity index (χ0v) is 18.4. The second-order valence-corrected chi connectivity index (χ2v) is 8.45. The van der Waals surface area contributed by atoms with Gasteiger partial charge in [-0.3, -0.25) is 0 Å². The Morgan fingerprint density at radius 2 is 1.64 bits per heavy atom. The summed E-state index contributed by atoms with van der Waals surface area (Å²) in [5.41, 5.74) is 4.53. The van der Waals surface area contributed by atoms with Crippen LogP contribution < -0.4 is 4.90 Å². The van der Waals surface area contributed by atoms with Gasteiger partial charge in [0.2, 0.25) is 0 Å². The van der Waals surface area contributed by atoms with Crippen molar-refractivity contribution >= 4 is 5.69 Å². The van der Waals surface area contributed by atoms with Gasteiger partial charge < -0.3 is 9.80 Å². The SMILES string of the molecule is Cc1ccccc1[C@@](C#N)(CCCN(C)Cc1ccc(N(C)C)cc1)C(C)C. The lowest BCUT2D eigenvalue weighted by molar-refractivity contribution is 0.286. The molecule has 3 heteroatoms. The van der Waals surface area contributed by atoms with Gasteiger partial charge in [0.15, 0.2) is 0 Å². The van der Waals surface area contributed by atoms with Gasteiger partial charge in [0.25, 0.3) is 0 Å². The van der Waals surface area contributed by atoms with Crippen LogP contribution in [0, 0.1) is 24.2 Å². The van der Waals surface area contributed by atoms with Crippen LogP contribution in [0.5, 0.6) is 0 Å². The lowest BCUT2D eigenvalue weighted by Crippen LogP contribution is -2.33. The van der Waals surface area contributed by atoms with E-state index in [1.807, 2.05) is 0 Å². The molecule has 2 rings (SSSR count). The van der Waals surface area contributed by atoms with E-state index in [2.05, 4.69) is 106 Å². The predicted molar refractivity (Wildman–Crippen MR) is 120 cm³/mol. The van der Waals surface area contributed by atoms with E-state index in [4.69, 9.17) is 0 Å². The van der Waals surface area contributed by atoms with Gasteiger partial charge in [0, 0.05) is 26.3 Å². The fourth-order valence-electron chi connectivity index (χ4n) is 3.97. The third-order valence-corrected chi connectivity index (χ3v) is 5.83. The van der Waals surface area contributed by atoms with Gasteiger partial charge in [-0.05, 0) is 68.1 Å². The summed E-state index contributed by atoms with van der Waals surface area (Å²) in [5, 5.41) is 10.1. The molecule has 0 radical (unpaired) electrons. The van der Waals surface area contributed by atoms with Crippen LogP contribution in [0.25, 0.3) is 0 Å². The molecule has 0 saturated heterocycles. The predicted octanol–water partition coefficient (Wildman–Crippen LogP) is 5.39. The Bertz CT molecular complexity index is 786. The number of aryl methyl sites for hydroxylation is 1. The topological polar surface area (TPSA) is 30.3 Å². The van der Waals surface area contributed by atoms with Crippen molar-refractivity contribution in [2.24, 2.45) is 5.92 Å². The number of anilines is 1. The van der Waals surface area contributed by atoms with Crippen molar-refractivity contribution < 1.29 is 0 Å². The summed E-state index contributed by atoms with van der Waals surface area (Å²) in [6, 6.07) is 19.8. The molecule has 0 spiro atoms. The third-order valence-electron chi connectivity index (χ3n) is 5.83. The molecule has 3 nitrogen and oxygen atoms in total. The largest absolute Gasteiger partial charge is 0.378 e. The molecule has 1 atom stereocenters. The highest BCUT2D eigenvalue weighted by atomic mass is 15.1. The number of rotatable bonds is 9. The van der Waals surface area contributed by atoms with E-state index in [0.717, 1.165) is 25.9 Å². The average molecular weight is 378 g/mol. The zero-order chi connectivity index (χ0) is 20.7. The quantitative estimate of drug-likeness (QED) is 0.587. The van der Waals surface area contributed by atoms with Crippen molar-refractivity contribution in [1.82, 2.24) is 4.90 Å². The zero-order valence-electron chi connectivity index (χ0n) is 18.4. The minimum atomic E-state index is -0.417. The lowest BCUT2D eigenvalue weighted by atomic mass is 9.68. The molecule has 0 unspecified atom stereocenters. The Balaban J connectivity index is 2.00. The first kappa shape index (κ1) is 22.0. The molecule has 0 aromatic heterocycles. The summed E-state index contributed by atoms with van der Waals surface area (Å²) in [7, 11) is 6.29. The van der Waals surface area contributed by atoms with Crippen molar-refractivity contribution in [2.45, 2.75) is 45.6 Å². The van der Waals surface area contributed by atoms with Gasteiger partial charge >= 0.3 is 0 Å². The monoisotopic (exact) mass is 377 g/mol. The van der Waals surface area contributed by atoms with Crippen LogP contribution >= 0.6 is 0 Å². The molecule has 0 bridgehead atoms. The van der Waals surface area contributed by atoms with E-state index < -0.39 is 5.41 Å². The van der Waals surface area contributed by atoms with E-state index in [-0.39, 0.29) is 5.92 Å². The van der Waals surface area contributed by atoms with Crippen LogP contribution in [0.15, 0.2) is 48.5 Å². The summed E-state index contributed by atoms with van der Waals surface area (Å²) in [6.45, 7) is 8.38. The second-order valence-electron chi connectivity index (χ2n) is 8.45. The highest BCUT2D eigenvalue weighted by molar-refractivity contribution is 5.46. The van der Waals surface area contributed by atoms with Crippen LogP contribution in [0.3, 0.4) is 0 Å². The van der Waals surface area contributed by atoms with Crippen LogP contribution in [0.2, 0.25) is 0 Å². The molecule has 0 fully saturated rings. The molecule has 150 valence electrons. The highest BCUT2D eigenvalue weighted by Gasteiger charge is 2.36. The second kappa shape index (κ2) is 9.75. The summed E-state index contributed by atoms with van der Waals surface area (Å²) in [4.78, 5) is 4.47. The minimum Gasteiger partial charge on any atom is -0.378 e. The van der Waals surface area contributed by atoms with Crippen LogP contribution in [0.1, 0.15) is 43.4 Å². The van der Waals surface area contributed by atoms with E-state index in [0.29, 0.717) is 0 Å². The van der Waals surface area contributed by atoms with Crippen molar-refractivity contribution in [3.05, 3.63) is 65.2 Å². The molecule has 0 N–H and O–H groups in total. The fourth-order valence-corrected chi connectivity index (χ4v) is 3.97. The van der Waals surface area contributed by atoms with Crippen molar-refractivity contribution in [2.75, 3.05) is 32.6 Å². The van der Waals surface area contributed by atoms with Crippen LogP contribution in [0.4, 0.5) is 5.69 Å². The van der Waals surface area contributed by atoms with Crippen LogP contribution in [-0.4, -0.2) is 32.6 Å². The Morgan fingerprint density at radius 3 is 2.18 bits per heavy atom. The molecule has 0 amide bonds. The first-order valence-corrected chi connectivity index (χ1v) is 10.2. The number of nitriles is 1. The Hall–Kier alpha value is -2.31. The number of nitrogens with zero attached hydrogens (tertiary/aromatic N) is 3. The van der Waals surface area contributed by atoms with E-state index in [9.17, 15) is 5.26 Å². The molecule has 0 aliphatic rings. The molecule has 28 heavy (non-hydrogen) atoms. The molecular weight excluding hydrogens is 342 g/mol. The molecule has 2 aromatic rings. The van der Waals surface area contributed by atoms with E-state index in [1.165, 1.54) is 22.4 Å². The molecule has 0 aliphatic carbocycles. The summed E-state index contributed by atoms with van der Waals surface area (Å²) in [5.74, 6) is 0.280. The first-order valence-electron chi connectivity index (χ1n) is 10.2. The van der Waals surface area contributed by atoms with Gasteiger partial charge in [-0.15, -0.1) is 0 Å². The Labute approximate surface area is 171 Å². The molecule has 2 aromatic carbocycles. The Morgan fingerprint density at radius 1 is 1.00 bits per heavy atom. The molecule has 0 saturated carbocycles. The third kappa shape index (κ3) is 5.14. The van der Waals surface area contributed by atoms with Gasteiger partial charge in [-0.25, -0.2) is 0 Å². The maximum atomic E-state index is 10.1. The smallest absolute Gasteiger partial charge is 0.0848 e. The summed E-state index contributed by atoms with van der Waals surface area (Å²) in [6.07, 6.45) is 1.89. The van der Waals surface area contributed by atoms with Crippen LogP contribution in [-0.2, 0) is 12.0 Å². The molecule has 0 heterocycles. The maximum absolute atomic E-state index is 10.1. The van der Waals surface area contributed by atoms with E-state index in [1.54, 1.807) is 0 Å². The standard InChI is InChI=1S/C25H35N3/c1-20(2)25(19-26,24-11-8-7-10-21(24)3)16-9-17-28(6)18-22-12-14-23(15-13-22)27(4)5/h7-8,10-15,20H,9,16-18H2,1-6H3/t25-/m1/s1. The number of benzene rings is 2. The lowest BCUT2D eigenvalue weighted by Gasteiger charge is -2.33. The number of hydrogen-bond donors (Lipinski definition) is 0. The van der Waals surface area contributed by atoms with Gasteiger partial charge in [0.05, 0.1) is 11.5 Å². The highest BCUT2D eigenvalue weighted by Crippen LogP contribution is 2.38. The summed E-state index contributed by atoms with van der Waals surface area (Å²) < 4.78 is 0. The number of hydrogen-bond acceptors (Lipinski definition) is 3. The molecule has 0 aliphatic heterocycles. The minimum absolute atomic E-state index is 0.280. The fraction of sp³-hybridized carbons (Fsp3) is 0.480.